The third-order valence-corrected chi connectivity index (χ3v) is 6.38. The molecule has 2 atom stereocenters. The molecule has 4 aliphatic rings. The van der Waals surface area contributed by atoms with Gasteiger partial charge in [0.1, 0.15) is 5.60 Å². The van der Waals surface area contributed by atoms with E-state index in [1.165, 1.54) is 27.8 Å². The summed E-state index contributed by atoms with van der Waals surface area (Å²) < 4.78 is 6.73. The Kier molecular flexibility index (Phi) is 2.99. The lowest BCUT2D eigenvalue weighted by Gasteiger charge is -2.40. The molecule has 2 unspecified atom stereocenters. The maximum atomic E-state index is 6.73. The number of benzene rings is 2. The summed E-state index contributed by atoms with van der Waals surface area (Å²) in [5.41, 5.74) is 5.90. The van der Waals surface area contributed by atoms with Crippen molar-refractivity contribution in [3.63, 3.8) is 0 Å². The normalized spacial score (nSPS) is 28.9. The van der Waals surface area contributed by atoms with Crippen LogP contribution in [-0.4, -0.2) is 11.7 Å². The minimum absolute atomic E-state index is 0.000822. The number of hydrogen-bond donors (Lipinski definition) is 0. The van der Waals surface area contributed by atoms with Crippen LogP contribution >= 0.6 is 0 Å². The topological polar surface area (TPSA) is 9.23 Å². The highest BCUT2D eigenvalue weighted by molar-refractivity contribution is 5.69. The molecule has 1 nitrogen and oxygen atoms in total. The number of rotatable bonds is 2. The van der Waals surface area contributed by atoms with E-state index in [-0.39, 0.29) is 11.5 Å². The summed E-state index contributed by atoms with van der Waals surface area (Å²) in [6.07, 6.45) is 16.9. The Morgan fingerprint density at radius 3 is 2.30 bits per heavy atom. The standard InChI is InChI=1S/C26H20O/c1-3-11-21(12-4-1)26(22-13-5-2-6-14-22)23-17-19-9-7-8-10-20(19)18-25(23)16-15-24(26)27-25/h1-9,11-18,24H,10H2. The second-order valence-electron chi connectivity index (χ2n) is 7.71. The molecule has 2 bridgehead atoms. The summed E-state index contributed by atoms with van der Waals surface area (Å²) in [5, 5.41) is 0. The average Bonchev–Trinajstić information content (AvgIpc) is 3.27. The molecule has 2 aromatic rings. The monoisotopic (exact) mass is 348 g/mol. The number of fused-ring (bicyclic) bond motifs is 2. The van der Waals surface area contributed by atoms with Crippen LogP contribution < -0.4 is 0 Å². The minimum atomic E-state index is -0.422. The fraction of sp³-hybridized carbons (Fsp3) is 0.154. The van der Waals surface area contributed by atoms with Gasteiger partial charge in [0.25, 0.3) is 0 Å². The molecule has 0 aromatic heterocycles. The SMILES string of the molecule is C1=CCC2=CC34C=CC(O3)C(c3ccccc3)(c3ccccc3)C4=CC2=C1. The first kappa shape index (κ1) is 15.2. The Hall–Kier alpha value is -2.90. The van der Waals surface area contributed by atoms with Crippen LogP contribution in [0.4, 0.5) is 0 Å². The van der Waals surface area contributed by atoms with Crippen molar-refractivity contribution in [3.8, 4) is 0 Å². The molecule has 0 amide bonds. The van der Waals surface area contributed by atoms with E-state index in [0.29, 0.717) is 0 Å². The third kappa shape index (κ3) is 1.87. The van der Waals surface area contributed by atoms with Crippen LogP contribution in [0.15, 0.2) is 120 Å². The van der Waals surface area contributed by atoms with E-state index in [4.69, 9.17) is 4.74 Å². The largest absolute Gasteiger partial charge is 0.353 e. The first-order valence-corrected chi connectivity index (χ1v) is 9.63. The lowest BCUT2D eigenvalue weighted by molar-refractivity contribution is 0.0662. The molecule has 27 heavy (non-hydrogen) atoms. The van der Waals surface area contributed by atoms with E-state index >= 15 is 0 Å². The first-order chi connectivity index (χ1) is 13.3. The smallest absolute Gasteiger partial charge is 0.129 e. The van der Waals surface area contributed by atoms with Crippen LogP contribution in [0.1, 0.15) is 17.5 Å². The molecule has 1 saturated heterocycles. The minimum Gasteiger partial charge on any atom is -0.353 e. The van der Waals surface area contributed by atoms with Crippen molar-refractivity contribution in [2.45, 2.75) is 23.5 Å². The maximum absolute atomic E-state index is 6.73. The van der Waals surface area contributed by atoms with Crippen LogP contribution in [-0.2, 0) is 10.2 Å². The van der Waals surface area contributed by atoms with Gasteiger partial charge in [-0.1, -0.05) is 91.0 Å². The van der Waals surface area contributed by atoms with Gasteiger partial charge in [0, 0.05) is 0 Å². The van der Waals surface area contributed by atoms with Gasteiger partial charge in [-0.05, 0) is 46.4 Å². The molecule has 1 spiro atoms. The van der Waals surface area contributed by atoms with Crippen molar-refractivity contribution < 1.29 is 4.74 Å². The molecule has 2 heterocycles. The predicted molar refractivity (Wildman–Crippen MR) is 108 cm³/mol. The summed E-state index contributed by atoms with van der Waals surface area (Å²) in [5.74, 6) is 0. The Balaban J connectivity index is 1.69. The zero-order valence-electron chi connectivity index (χ0n) is 15.0. The van der Waals surface area contributed by atoms with Gasteiger partial charge in [-0.3, -0.25) is 0 Å². The number of allylic oxidation sites excluding steroid dienone is 6. The molecule has 1 heteroatoms. The van der Waals surface area contributed by atoms with Gasteiger partial charge in [-0.2, -0.15) is 0 Å². The van der Waals surface area contributed by atoms with Gasteiger partial charge in [0.15, 0.2) is 0 Å². The second kappa shape index (κ2) is 5.31. The van der Waals surface area contributed by atoms with Crippen LogP contribution in [0, 0.1) is 0 Å². The van der Waals surface area contributed by atoms with Crippen LogP contribution in [0.25, 0.3) is 0 Å². The quantitative estimate of drug-likeness (QED) is 0.657. The number of ether oxygens (including phenoxy) is 1. The molecule has 0 saturated carbocycles. The molecule has 2 aliphatic carbocycles. The lowest BCUT2D eigenvalue weighted by Crippen LogP contribution is -2.41. The van der Waals surface area contributed by atoms with Crippen molar-refractivity contribution in [3.05, 3.63) is 131 Å². The maximum Gasteiger partial charge on any atom is 0.129 e. The van der Waals surface area contributed by atoms with E-state index in [2.05, 4.69) is 103 Å². The first-order valence-electron chi connectivity index (χ1n) is 9.63. The molecule has 2 aliphatic heterocycles. The fourth-order valence-corrected chi connectivity index (χ4v) is 5.25. The summed E-state index contributed by atoms with van der Waals surface area (Å²) in [7, 11) is 0. The molecule has 0 N–H and O–H groups in total. The van der Waals surface area contributed by atoms with E-state index in [9.17, 15) is 0 Å². The molecule has 130 valence electrons. The summed E-state index contributed by atoms with van der Waals surface area (Å²) >= 11 is 0. The van der Waals surface area contributed by atoms with E-state index in [1.807, 2.05) is 0 Å². The summed E-state index contributed by atoms with van der Waals surface area (Å²) in [4.78, 5) is 0. The van der Waals surface area contributed by atoms with Crippen LogP contribution in [0.5, 0.6) is 0 Å². The van der Waals surface area contributed by atoms with Crippen molar-refractivity contribution in [1.82, 2.24) is 0 Å². The number of hydrogen-bond acceptors (Lipinski definition) is 1. The van der Waals surface area contributed by atoms with Gasteiger partial charge < -0.3 is 4.74 Å². The Bertz CT molecular complexity index is 1030. The Morgan fingerprint density at radius 1 is 0.889 bits per heavy atom. The Morgan fingerprint density at radius 2 is 1.59 bits per heavy atom. The molecular formula is C26H20O. The van der Waals surface area contributed by atoms with E-state index < -0.39 is 5.60 Å². The van der Waals surface area contributed by atoms with Gasteiger partial charge in [-0.15, -0.1) is 0 Å². The van der Waals surface area contributed by atoms with Crippen molar-refractivity contribution in [2.75, 3.05) is 0 Å². The highest BCUT2D eigenvalue weighted by Crippen LogP contribution is 2.61. The molecule has 0 radical (unpaired) electrons. The molecule has 1 fully saturated rings. The lowest BCUT2D eigenvalue weighted by atomic mass is 9.59. The predicted octanol–water partition coefficient (Wildman–Crippen LogP) is 5.43. The van der Waals surface area contributed by atoms with E-state index in [0.717, 1.165) is 6.42 Å². The fourth-order valence-electron chi connectivity index (χ4n) is 5.25. The van der Waals surface area contributed by atoms with E-state index in [1.54, 1.807) is 0 Å². The third-order valence-electron chi connectivity index (χ3n) is 6.38. The zero-order chi connectivity index (χ0) is 17.9. The van der Waals surface area contributed by atoms with Gasteiger partial charge in [0.05, 0.1) is 11.5 Å². The second-order valence-corrected chi connectivity index (χ2v) is 7.71. The van der Waals surface area contributed by atoms with Gasteiger partial charge in [0.2, 0.25) is 0 Å². The van der Waals surface area contributed by atoms with Gasteiger partial charge in [-0.25, -0.2) is 0 Å². The molecule has 6 rings (SSSR count). The average molecular weight is 348 g/mol. The van der Waals surface area contributed by atoms with Crippen LogP contribution in [0.2, 0.25) is 0 Å². The zero-order valence-corrected chi connectivity index (χ0v) is 15.0. The van der Waals surface area contributed by atoms with Crippen molar-refractivity contribution in [2.24, 2.45) is 0 Å². The summed E-state index contributed by atoms with van der Waals surface area (Å²) in [6.45, 7) is 0. The highest BCUT2D eigenvalue weighted by Gasteiger charge is 2.62. The van der Waals surface area contributed by atoms with Gasteiger partial charge >= 0.3 is 0 Å². The molecule has 2 aromatic carbocycles. The molecular weight excluding hydrogens is 328 g/mol. The summed E-state index contributed by atoms with van der Waals surface area (Å²) in [6, 6.07) is 21.7. The Labute approximate surface area is 159 Å². The van der Waals surface area contributed by atoms with Crippen molar-refractivity contribution in [1.29, 1.82) is 0 Å². The highest BCUT2D eigenvalue weighted by atomic mass is 16.5. The van der Waals surface area contributed by atoms with Crippen LogP contribution in [0.3, 0.4) is 0 Å². The van der Waals surface area contributed by atoms with Crippen molar-refractivity contribution >= 4 is 0 Å².